The predicted octanol–water partition coefficient (Wildman–Crippen LogP) is 3.32. The molecule has 0 heterocycles. The normalized spacial score (nSPS) is 12.1. The van der Waals surface area contributed by atoms with Crippen LogP contribution < -0.4 is 0 Å². The quantitative estimate of drug-likeness (QED) is 0.617. The molecule has 1 aromatic carbocycles. The van der Waals surface area contributed by atoms with Gasteiger partial charge in [-0.3, -0.25) is 0 Å². The van der Waals surface area contributed by atoms with Gasteiger partial charge in [-0.15, -0.1) is 12.3 Å². The average Bonchev–Trinajstić information content (AvgIpc) is 2.22. The Hall–Kier alpha value is -1.04. The maximum absolute atomic E-state index is 13.3. The van der Waals surface area contributed by atoms with E-state index < -0.39 is 11.9 Å². The van der Waals surface area contributed by atoms with Crippen LogP contribution >= 0.6 is 11.6 Å². The van der Waals surface area contributed by atoms with Gasteiger partial charge < -0.3 is 5.11 Å². The molecule has 0 aromatic heterocycles. The van der Waals surface area contributed by atoms with Gasteiger partial charge in [0.15, 0.2) is 0 Å². The van der Waals surface area contributed by atoms with Crippen LogP contribution in [0.4, 0.5) is 4.39 Å². The van der Waals surface area contributed by atoms with Crippen LogP contribution in [0.1, 0.15) is 30.9 Å². The van der Waals surface area contributed by atoms with Crippen LogP contribution in [-0.4, -0.2) is 5.11 Å². The van der Waals surface area contributed by atoms with Gasteiger partial charge in [0.2, 0.25) is 0 Å². The van der Waals surface area contributed by atoms with Crippen molar-refractivity contribution in [2.45, 2.75) is 25.4 Å². The third-order valence-corrected chi connectivity index (χ3v) is 2.35. The minimum atomic E-state index is -0.836. The van der Waals surface area contributed by atoms with Crippen molar-refractivity contribution < 1.29 is 9.50 Å². The topological polar surface area (TPSA) is 20.2 Å². The number of hydrogen-bond donors (Lipinski definition) is 1. The Labute approximate surface area is 93.9 Å². The minimum absolute atomic E-state index is 0.236. The second-order valence-electron chi connectivity index (χ2n) is 3.28. The lowest BCUT2D eigenvalue weighted by molar-refractivity contribution is 0.160. The number of rotatable bonds is 4. The number of hydrogen-bond acceptors (Lipinski definition) is 1. The molecule has 0 fully saturated rings. The first-order valence-corrected chi connectivity index (χ1v) is 5.09. The first kappa shape index (κ1) is 12.0. The maximum atomic E-state index is 13.3. The molecular formula is C12H12ClFO. The number of benzene rings is 1. The summed E-state index contributed by atoms with van der Waals surface area (Å²) in [7, 11) is 0. The largest absolute Gasteiger partial charge is 0.388 e. The van der Waals surface area contributed by atoms with E-state index in [2.05, 4.69) is 5.92 Å². The van der Waals surface area contributed by atoms with Gasteiger partial charge in [-0.05, 0) is 31.0 Å². The van der Waals surface area contributed by atoms with E-state index in [9.17, 15) is 9.50 Å². The number of unbranched alkanes of at least 4 members (excludes halogenated alkanes) is 1. The summed E-state index contributed by atoms with van der Waals surface area (Å²) in [5.74, 6) is 2.03. The van der Waals surface area contributed by atoms with Gasteiger partial charge in [0.25, 0.3) is 0 Å². The molecule has 1 atom stereocenters. The molecule has 0 saturated carbocycles. The Morgan fingerprint density at radius 3 is 2.93 bits per heavy atom. The molecule has 0 aliphatic carbocycles. The van der Waals surface area contributed by atoms with E-state index in [1.807, 2.05) is 0 Å². The molecule has 1 nitrogen and oxygen atoms in total. The molecule has 1 N–H and O–H groups in total. The summed E-state index contributed by atoms with van der Waals surface area (Å²) in [5, 5.41) is 10.1. The van der Waals surface area contributed by atoms with Crippen molar-refractivity contribution in [2.75, 3.05) is 0 Å². The van der Waals surface area contributed by atoms with Crippen molar-refractivity contribution in [1.82, 2.24) is 0 Å². The molecule has 3 heteroatoms. The molecule has 0 aliphatic rings. The lowest BCUT2D eigenvalue weighted by Gasteiger charge is -2.11. The second-order valence-corrected chi connectivity index (χ2v) is 3.71. The van der Waals surface area contributed by atoms with Gasteiger partial charge in [-0.1, -0.05) is 11.6 Å². The van der Waals surface area contributed by atoms with Gasteiger partial charge in [0.05, 0.1) is 6.10 Å². The van der Waals surface area contributed by atoms with E-state index in [0.717, 1.165) is 0 Å². The van der Waals surface area contributed by atoms with Crippen LogP contribution in [0.3, 0.4) is 0 Å². The summed E-state index contributed by atoms with van der Waals surface area (Å²) in [6.07, 6.45) is 5.94. The Morgan fingerprint density at radius 1 is 1.53 bits per heavy atom. The van der Waals surface area contributed by atoms with Crippen molar-refractivity contribution in [3.8, 4) is 12.3 Å². The van der Waals surface area contributed by atoms with E-state index >= 15 is 0 Å². The Bertz CT molecular complexity index is 370. The van der Waals surface area contributed by atoms with Gasteiger partial charge >= 0.3 is 0 Å². The van der Waals surface area contributed by atoms with E-state index in [0.29, 0.717) is 24.3 Å². The van der Waals surface area contributed by atoms with Crippen LogP contribution in [0.15, 0.2) is 18.2 Å². The highest BCUT2D eigenvalue weighted by molar-refractivity contribution is 6.30. The predicted molar refractivity (Wildman–Crippen MR) is 59.1 cm³/mol. The summed E-state index contributed by atoms with van der Waals surface area (Å²) in [6.45, 7) is 0. The number of aliphatic hydroxyl groups excluding tert-OH is 1. The summed E-state index contributed by atoms with van der Waals surface area (Å²) < 4.78 is 13.3. The monoisotopic (exact) mass is 226 g/mol. The fourth-order valence-electron chi connectivity index (χ4n) is 1.32. The highest BCUT2D eigenvalue weighted by atomic mass is 35.5. The first-order valence-electron chi connectivity index (χ1n) is 4.71. The standard InChI is InChI=1S/C12H12ClFO/c1-2-3-4-5-12(15)10-8-9(13)6-7-11(10)14/h1,6-8,12,15H,3-5H2. The summed E-state index contributed by atoms with van der Waals surface area (Å²) in [6, 6.07) is 4.15. The fourth-order valence-corrected chi connectivity index (χ4v) is 1.50. The molecule has 0 amide bonds. The van der Waals surface area contributed by atoms with Crippen LogP contribution in [0.2, 0.25) is 5.02 Å². The molecule has 1 rings (SSSR count). The number of aliphatic hydroxyl groups is 1. The van der Waals surface area contributed by atoms with Crippen molar-refractivity contribution in [2.24, 2.45) is 0 Å². The smallest absolute Gasteiger partial charge is 0.129 e. The molecule has 0 spiro atoms. The molecule has 1 aromatic rings. The fraction of sp³-hybridized carbons (Fsp3) is 0.333. The van der Waals surface area contributed by atoms with Gasteiger partial charge in [0, 0.05) is 17.0 Å². The molecule has 0 radical (unpaired) electrons. The SMILES string of the molecule is C#CCCCC(O)c1cc(Cl)ccc1F. The molecule has 80 valence electrons. The molecule has 0 aliphatic heterocycles. The average molecular weight is 227 g/mol. The number of halogens is 2. The summed E-state index contributed by atoms with van der Waals surface area (Å²) in [4.78, 5) is 0. The Morgan fingerprint density at radius 2 is 2.27 bits per heavy atom. The second kappa shape index (κ2) is 5.75. The Kier molecular flexibility index (Phi) is 4.61. The van der Waals surface area contributed by atoms with Gasteiger partial charge in [-0.25, -0.2) is 4.39 Å². The van der Waals surface area contributed by atoms with E-state index in [4.69, 9.17) is 18.0 Å². The Balaban J connectivity index is 2.69. The third-order valence-electron chi connectivity index (χ3n) is 2.12. The first-order chi connectivity index (χ1) is 7.15. The molecular weight excluding hydrogens is 215 g/mol. The number of terminal acetylenes is 1. The maximum Gasteiger partial charge on any atom is 0.129 e. The van der Waals surface area contributed by atoms with Crippen molar-refractivity contribution in [1.29, 1.82) is 0 Å². The molecule has 1 unspecified atom stereocenters. The van der Waals surface area contributed by atoms with Crippen LogP contribution in [0.25, 0.3) is 0 Å². The lowest BCUT2D eigenvalue weighted by atomic mass is 10.0. The summed E-state index contributed by atoms with van der Waals surface area (Å²) in [5.41, 5.74) is 0.236. The lowest BCUT2D eigenvalue weighted by Crippen LogP contribution is -2.00. The zero-order valence-electron chi connectivity index (χ0n) is 8.21. The molecule has 15 heavy (non-hydrogen) atoms. The van der Waals surface area contributed by atoms with E-state index in [1.165, 1.54) is 18.2 Å². The van der Waals surface area contributed by atoms with E-state index in [1.54, 1.807) is 0 Å². The van der Waals surface area contributed by atoms with E-state index in [-0.39, 0.29) is 5.56 Å². The van der Waals surface area contributed by atoms with Gasteiger partial charge in [-0.2, -0.15) is 0 Å². The van der Waals surface area contributed by atoms with Crippen LogP contribution in [0.5, 0.6) is 0 Å². The van der Waals surface area contributed by atoms with Gasteiger partial charge in [0.1, 0.15) is 5.82 Å². The molecule has 0 saturated heterocycles. The van der Waals surface area contributed by atoms with Crippen molar-refractivity contribution in [3.63, 3.8) is 0 Å². The zero-order chi connectivity index (χ0) is 11.3. The summed E-state index contributed by atoms with van der Waals surface area (Å²) >= 11 is 5.71. The highest BCUT2D eigenvalue weighted by Gasteiger charge is 2.12. The van der Waals surface area contributed by atoms with Crippen LogP contribution in [-0.2, 0) is 0 Å². The van der Waals surface area contributed by atoms with Crippen molar-refractivity contribution >= 4 is 11.6 Å². The highest BCUT2D eigenvalue weighted by Crippen LogP contribution is 2.24. The van der Waals surface area contributed by atoms with Crippen molar-refractivity contribution in [3.05, 3.63) is 34.6 Å². The zero-order valence-corrected chi connectivity index (χ0v) is 8.97. The molecule has 0 bridgehead atoms. The third kappa shape index (κ3) is 3.54. The van der Waals surface area contributed by atoms with Crippen LogP contribution in [0, 0.1) is 18.2 Å². The minimum Gasteiger partial charge on any atom is -0.388 e.